The molecule has 0 aromatic heterocycles. The van der Waals surface area contributed by atoms with E-state index in [0.717, 1.165) is 16.8 Å². The van der Waals surface area contributed by atoms with Gasteiger partial charge in [-0.2, -0.15) is 0 Å². The quantitative estimate of drug-likeness (QED) is 0.275. The highest BCUT2D eigenvalue weighted by atomic mass is 32.2. The van der Waals surface area contributed by atoms with Crippen LogP contribution in [0.15, 0.2) is 83.8 Å². The van der Waals surface area contributed by atoms with Gasteiger partial charge in [-0.25, -0.2) is 13.9 Å². The summed E-state index contributed by atoms with van der Waals surface area (Å²) in [6, 6.07) is 19.1. The van der Waals surface area contributed by atoms with Crippen LogP contribution in [0.25, 0.3) is 10.8 Å². The lowest BCUT2D eigenvalue weighted by Crippen LogP contribution is -2.14. The number of hydrogen-bond donors (Lipinski definition) is 3. The Morgan fingerprint density at radius 1 is 0.964 bits per heavy atom. The molecule has 0 bridgehead atoms. The maximum absolute atomic E-state index is 12.7. The van der Waals surface area contributed by atoms with E-state index in [1.54, 1.807) is 42.5 Å². The van der Waals surface area contributed by atoms with Crippen molar-refractivity contribution < 1.29 is 18.4 Å². The second-order valence-electron chi connectivity index (χ2n) is 5.77. The van der Waals surface area contributed by atoms with Crippen LogP contribution in [0.4, 0.5) is 5.69 Å². The smallest absolute Gasteiger partial charge is 0.267 e. The Morgan fingerprint density at radius 2 is 1.75 bits per heavy atom. The fraction of sp³-hybridized carbons (Fsp3) is 0. The lowest BCUT2D eigenvalue weighted by molar-refractivity contribution is -0.124. The van der Waals surface area contributed by atoms with Crippen LogP contribution in [-0.4, -0.2) is 19.5 Å². The number of carbonyl (C=O) groups is 1. The minimum Gasteiger partial charge on any atom is -0.288 e. The number of fused-ring (bicyclic) bond motifs is 1. The Balaban J connectivity index is 1.81. The van der Waals surface area contributed by atoms with Gasteiger partial charge in [0.25, 0.3) is 15.9 Å². The molecule has 0 atom stereocenters. The lowest BCUT2D eigenvalue weighted by atomic mass is 10.1. The van der Waals surface area contributed by atoms with Crippen LogP contribution < -0.4 is 10.2 Å². The first-order chi connectivity index (χ1) is 13.5. The van der Waals surface area contributed by atoms with E-state index in [1.165, 1.54) is 11.6 Å². The number of anilines is 1. The zero-order chi connectivity index (χ0) is 20.0. The van der Waals surface area contributed by atoms with Crippen molar-refractivity contribution in [2.45, 2.75) is 4.90 Å². The van der Waals surface area contributed by atoms with Crippen molar-refractivity contribution in [1.29, 1.82) is 0 Å². The van der Waals surface area contributed by atoms with Crippen LogP contribution in [0.1, 0.15) is 5.56 Å². The van der Waals surface area contributed by atoms with Gasteiger partial charge in [0.15, 0.2) is 0 Å². The van der Waals surface area contributed by atoms with E-state index in [2.05, 4.69) is 16.6 Å². The normalized spacial score (nSPS) is 11.0. The maximum atomic E-state index is 12.7. The molecule has 3 aromatic rings. The van der Waals surface area contributed by atoms with Crippen LogP contribution in [0.3, 0.4) is 0 Å². The molecule has 0 spiro atoms. The molecular formula is C21H16N2O4S. The fourth-order valence-electron chi connectivity index (χ4n) is 2.49. The number of amides is 1. The number of hydrogen-bond acceptors (Lipinski definition) is 4. The number of hydroxylamine groups is 1. The molecule has 6 nitrogen and oxygen atoms in total. The molecule has 140 valence electrons. The summed E-state index contributed by atoms with van der Waals surface area (Å²) < 4.78 is 27.9. The first-order valence-corrected chi connectivity index (χ1v) is 9.70. The molecule has 0 fully saturated rings. The van der Waals surface area contributed by atoms with Gasteiger partial charge in [-0.1, -0.05) is 48.2 Å². The van der Waals surface area contributed by atoms with E-state index in [0.29, 0.717) is 11.3 Å². The molecule has 0 aliphatic rings. The van der Waals surface area contributed by atoms with Crippen LogP contribution in [0.2, 0.25) is 0 Å². The largest absolute Gasteiger partial charge is 0.288 e. The van der Waals surface area contributed by atoms with Gasteiger partial charge < -0.3 is 0 Å². The molecule has 3 rings (SSSR count). The van der Waals surface area contributed by atoms with E-state index in [4.69, 9.17) is 5.21 Å². The van der Waals surface area contributed by atoms with E-state index in [9.17, 15) is 13.2 Å². The van der Waals surface area contributed by atoms with Gasteiger partial charge in [-0.05, 0) is 47.2 Å². The minimum atomic E-state index is -3.75. The van der Waals surface area contributed by atoms with Crippen molar-refractivity contribution in [3.8, 4) is 11.8 Å². The SMILES string of the molecule is O=C(C=CC#Cc1cccc(NS(=O)(=O)c2ccc3ccccc3c2)c1)NO. The highest BCUT2D eigenvalue weighted by Crippen LogP contribution is 2.21. The van der Waals surface area contributed by atoms with E-state index >= 15 is 0 Å². The van der Waals surface area contributed by atoms with Crippen molar-refractivity contribution >= 4 is 32.4 Å². The standard InChI is InChI=1S/C21H16N2O4S/c24-21(22-25)11-4-1-6-16-7-5-10-19(14-16)23-28(26,27)20-13-12-17-8-2-3-9-18(17)15-20/h2-5,7-15,23,25H,(H,22,24). The predicted molar refractivity (Wildman–Crippen MR) is 107 cm³/mol. The topological polar surface area (TPSA) is 95.5 Å². The molecular weight excluding hydrogens is 376 g/mol. The van der Waals surface area contributed by atoms with Crippen LogP contribution in [0.5, 0.6) is 0 Å². The van der Waals surface area contributed by atoms with Gasteiger partial charge in [0.1, 0.15) is 0 Å². The van der Waals surface area contributed by atoms with Gasteiger partial charge in [0.2, 0.25) is 0 Å². The molecule has 0 saturated carbocycles. The first kappa shape index (κ1) is 19.2. The monoisotopic (exact) mass is 392 g/mol. The average molecular weight is 392 g/mol. The third-order valence-corrected chi connectivity index (χ3v) is 5.17. The van der Waals surface area contributed by atoms with Crippen molar-refractivity contribution in [1.82, 2.24) is 5.48 Å². The number of nitrogens with one attached hydrogen (secondary N) is 2. The Kier molecular flexibility index (Phi) is 5.75. The number of allylic oxidation sites excluding steroid dienone is 1. The first-order valence-electron chi connectivity index (χ1n) is 8.22. The highest BCUT2D eigenvalue weighted by Gasteiger charge is 2.14. The number of sulfonamides is 1. The Morgan fingerprint density at radius 3 is 2.54 bits per heavy atom. The molecule has 3 aromatic carbocycles. The fourth-order valence-corrected chi connectivity index (χ4v) is 3.57. The number of rotatable bonds is 4. The van der Waals surface area contributed by atoms with Gasteiger partial charge in [-0.3, -0.25) is 14.7 Å². The second-order valence-corrected chi connectivity index (χ2v) is 7.46. The number of benzene rings is 3. The molecule has 0 heterocycles. The Labute approximate surface area is 162 Å². The third-order valence-electron chi connectivity index (χ3n) is 3.79. The summed E-state index contributed by atoms with van der Waals surface area (Å²) in [5.74, 6) is 4.72. The molecule has 0 radical (unpaired) electrons. The summed E-state index contributed by atoms with van der Waals surface area (Å²) in [6.07, 6.45) is 2.34. The molecule has 28 heavy (non-hydrogen) atoms. The summed E-state index contributed by atoms with van der Waals surface area (Å²) in [5.41, 5.74) is 2.39. The van der Waals surface area contributed by atoms with Gasteiger partial charge >= 0.3 is 0 Å². The van der Waals surface area contributed by atoms with E-state index in [1.807, 2.05) is 24.3 Å². The van der Waals surface area contributed by atoms with Crippen molar-refractivity contribution in [2.75, 3.05) is 4.72 Å². The van der Waals surface area contributed by atoms with E-state index < -0.39 is 15.9 Å². The predicted octanol–water partition coefficient (Wildman–Crippen LogP) is 3.05. The van der Waals surface area contributed by atoms with Gasteiger partial charge in [-0.15, -0.1) is 0 Å². The van der Waals surface area contributed by atoms with Gasteiger partial charge in [0.05, 0.1) is 10.6 Å². The summed E-state index contributed by atoms with van der Waals surface area (Å²) in [7, 11) is -3.75. The summed E-state index contributed by atoms with van der Waals surface area (Å²) in [4.78, 5) is 11.0. The maximum Gasteiger partial charge on any atom is 0.267 e. The van der Waals surface area contributed by atoms with Crippen molar-refractivity contribution in [2.24, 2.45) is 0 Å². The zero-order valence-corrected chi connectivity index (χ0v) is 15.4. The molecule has 0 aliphatic carbocycles. The molecule has 0 unspecified atom stereocenters. The van der Waals surface area contributed by atoms with Crippen molar-refractivity contribution in [3.63, 3.8) is 0 Å². The highest BCUT2D eigenvalue weighted by molar-refractivity contribution is 7.92. The van der Waals surface area contributed by atoms with Gasteiger partial charge in [0, 0.05) is 11.6 Å². The third kappa shape index (κ3) is 4.76. The average Bonchev–Trinajstić information content (AvgIpc) is 2.70. The van der Waals surface area contributed by atoms with Crippen LogP contribution in [0, 0.1) is 11.8 Å². The van der Waals surface area contributed by atoms with Crippen molar-refractivity contribution in [3.05, 3.63) is 84.4 Å². The lowest BCUT2D eigenvalue weighted by Gasteiger charge is -2.09. The van der Waals surface area contributed by atoms with Crippen LogP contribution in [-0.2, 0) is 14.8 Å². The molecule has 0 saturated heterocycles. The summed E-state index contributed by atoms with van der Waals surface area (Å²) in [5, 5.41) is 10.2. The van der Waals surface area contributed by atoms with Crippen LogP contribution >= 0.6 is 0 Å². The molecule has 1 amide bonds. The Bertz CT molecular complexity index is 1220. The van der Waals surface area contributed by atoms with E-state index in [-0.39, 0.29) is 4.90 Å². The zero-order valence-electron chi connectivity index (χ0n) is 14.6. The summed E-state index contributed by atoms with van der Waals surface area (Å²) >= 11 is 0. The molecule has 3 N–H and O–H groups in total. The summed E-state index contributed by atoms with van der Waals surface area (Å²) in [6.45, 7) is 0. The second kappa shape index (κ2) is 8.39. The molecule has 7 heteroatoms. The molecule has 0 aliphatic heterocycles. The Hall–Kier alpha value is -3.60. The number of carbonyl (C=O) groups excluding carboxylic acids is 1. The minimum absolute atomic E-state index is 0.167.